The molecule has 0 radical (unpaired) electrons. The van der Waals surface area contributed by atoms with Crippen molar-refractivity contribution < 1.29 is 0 Å². The van der Waals surface area contributed by atoms with Crippen molar-refractivity contribution in [2.24, 2.45) is 0 Å². The Morgan fingerprint density at radius 3 is 2.29 bits per heavy atom. The quantitative estimate of drug-likeness (QED) is 0.661. The van der Waals surface area contributed by atoms with Gasteiger partial charge in [-0.2, -0.15) is 0 Å². The van der Waals surface area contributed by atoms with Crippen LogP contribution in [0.3, 0.4) is 0 Å². The van der Waals surface area contributed by atoms with Gasteiger partial charge in [0.25, 0.3) is 0 Å². The van der Waals surface area contributed by atoms with Gasteiger partial charge in [-0.3, -0.25) is 0 Å². The second-order valence-electron chi connectivity index (χ2n) is 3.82. The van der Waals surface area contributed by atoms with Gasteiger partial charge in [0.2, 0.25) is 0 Å². The van der Waals surface area contributed by atoms with E-state index in [1.807, 2.05) is 30.3 Å². The lowest BCUT2D eigenvalue weighted by Gasteiger charge is -2.06. The van der Waals surface area contributed by atoms with Crippen LogP contribution in [0.2, 0.25) is 10.0 Å². The predicted octanol–water partition coefficient (Wildman–Crippen LogP) is 5.59. The van der Waals surface area contributed by atoms with E-state index in [-0.39, 0.29) is 0 Å². The maximum atomic E-state index is 5.99. The summed E-state index contributed by atoms with van der Waals surface area (Å²) in [7, 11) is 0. The molecule has 0 aromatic heterocycles. The third-order valence-electron chi connectivity index (χ3n) is 2.46. The Bertz CT molecular complexity index is 506. The van der Waals surface area contributed by atoms with Crippen LogP contribution in [0.15, 0.2) is 47.4 Å². The van der Waals surface area contributed by atoms with E-state index in [0.29, 0.717) is 0 Å². The summed E-state index contributed by atoms with van der Waals surface area (Å²) in [4.78, 5) is 1.23. The van der Waals surface area contributed by atoms with Gasteiger partial charge in [0.15, 0.2) is 0 Å². The van der Waals surface area contributed by atoms with E-state index >= 15 is 0 Å². The van der Waals surface area contributed by atoms with Gasteiger partial charge in [-0.15, -0.1) is 11.8 Å². The highest BCUT2D eigenvalue weighted by Crippen LogP contribution is 2.28. The number of halogens is 2. The minimum atomic E-state index is 0.776. The summed E-state index contributed by atoms with van der Waals surface area (Å²) in [6.07, 6.45) is 0. The molecule has 88 valence electrons. The van der Waals surface area contributed by atoms with Gasteiger partial charge >= 0.3 is 0 Å². The maximum Gasteiger partial charge on any atom is 0.0417 e. The lowest BCUT2D eigenvalue weighted by molar-refractivity contribution is 1.29. The molecular formula is C14H12Cl2S. The zero-order valence-corrected chi connectivity index (χ0v) is 11.7. The van der Waals surface area contributed by atoms with E-state index in [9.17, 15) is 0 Å². The monoisotopic (exact) mass is 282 g/mol. The molecule has 0 saturated carbocycles. The molecule has 0 amide bonds. The Labute approximate surface area is 116 Å². The molecule has 0 fully saturated rings. The Balaban J connectivity index is 2.07. The van der Waals surface area contributed by atoms with Gasteiger partial charge in [-0.25, -0.2) is 0 Å². The summed E-state index contributed by atoms with van der Waals surface area (Å²) < 4.78 is 0. The molecule has 0 nitrogen and oxygen atoms in total. The summed E-state index contributed by atoms with van der Waals surface area (Å²) in [6.45, 7) is 2.10. The van der Waals surface area contributed by atoms with Crippen molar-refractivity contribution in [3.05, 3.63) is 63.6 Å². The molecule has 17 heavy (non-hydrogen) atoms. The summed E-state index contributed by atoms with van der Waals surface area (Å²) in [6, 6.07) is 13.9. The number of thioether (sulfide) groups is 1. The molecule has 0 saturated heterocycles. The molecule has 0 aliphatic heterocycles. The van der Waals surface area contributed by atoms with Gasteiger partial charge in [-0.05, 0) is 42.3 Å². The Hall–Kier alpha value is -0.630. The van der Waals surface area contributed by atoms with Crippen molar-refractivity contribution in [3.8, 4) is 0 Å². The molecule has 0 N–H and O–H groups in total. The second-order valence-corrected chi connectivity index (χ2v) is 5.72. The molecule has 2 aromatic rings. The molecule has 0 aliphatic rings. The number of hydrogen-bond acceptors (Lipinski definition) is 1. The third-order valence-corrected chi connectivity index (χ3v) is 4.17. The van der Waals surface area contributed by atoms with Gasteiger partial charge in [0.05, 0.1) is 0 Å². The number of hydrogen-bond donors (Lipinski definition) is 0. The minimum absolute atomic E-state index is 0.776. The fraction of sp³-hybridized carbons (Fsp3) is 0.143. The van der Waals surface area contributed by atoms with Crippen LogP contribution in [0.4, 0.5) is 0 Å². The van der Waals surface area contributed by atoms with Crippen molar-refractivity contribution in [2.75, 3.05) is 0 Å². The molecule has 3 heteroatoms. The standard InChI is InChI=1S/C14H12Cl2S/c1-10-2-5-13(16)8-14(10)17-9-11-3-6-12(15)7-4-11/h2-8H,9H2,1H3. The molecular weight excluding hydrogens is 271 g/mol. The average molecular weight is 283 g/mol. The second kappa shape index (κ2) is 5.81. The van der Waals surface area contributed by atoms with Crippen molar-refractivity contribution in [1.82, 2.24) is 0 Å². The summed E-state index contributed by atoms with van der Waals surface area (Å²) in [5.74, 6) is 0.929. The molecule has 0 heterocycles. The topological polar surface area (TPSA) is 0 Å². The third kappa shape index (κ3) is 3.67. The first-order valence-corrected chi connectivity index (χ1v) is 7.03. The van der Waals surface area contributed by atoms with Gasteiger partial charge in [0, 0.05) is 20.7 Å². The van der Waals surface area contributed by atoms with Crippen molar-refractivity contribution in [2.45, 2.75) is 17.6 Å². The van der Waals surface area contributed by atoms with Crippen LogP contribution in [0, 0.1) is 6.92 Å². The van der Waals surface area contributed by atoms with E-state index < -0.39 is 0 Å². The van der Waals surface area contributed by atoms with Crippen LogP contribution in [-0.2, 0) is 5.75 Å². The maximum absolute atomic E-state index is 5.99. The van der Waals surface area contributed by atoms with E-state index in [0.717, 1.165) is 15.8 Å². The average Bonchev–Trinajstić information content (AvgIpc) is 2.32. The first-order valence-electron chi connectivity index (χ1n) is 5.28. The van der Waals surface area contributed by atoms with Gasteiger partial charge in [-0.1, -0.05) is 41.4 Å². The fourth-order valence-electron chi connectivity index (χ4n) is 1.47. The van der Waals surface area contributed by atoms with Crippen LogP contribution in [-0.4, -0.2) is 0 Å². The summed E-state index contributed by atoms with van der Waals surface area (Å²) in [5, 5.41) is 1.56. The van der Waals surface area contributed by atoms with E-state index in [1.165, 1.54) is 16.0 Å². The summed E-state index contributed by atoms with van der Waals surface area (Å²) >= 11 is 13.6. The van der Waals surface area contributed by atoms with E-state index in [1.54, 1.807) is 11.8 Å². The lowest BCUT2D eigenvalue weighted by atomic mass is 10.2. The van der Waals surface area contributed by atoms with Crippen LogP contribution < -0.4 is 0 Å². The molecule has 0 bridgehead atoms. The largest absolute Gasteiger partial charge is 0.121 e. The smallest absolute Gasteiger partial charge is 0.0417 e. The van der Waals surface area contributed by atoms with Crippen LogP contribution >= 0.6 is 35.0 Å². The predicted molar refractivity (Wildman–Crippen MR) is 77.2 cm³/mol. The van der Waals surface area contributed by atoms with Crippen LogP contribution in [0.1, 0.15) is 11.1 Å². The van der Waals surface area contributed by atoms with Gasteiger partial charge in [0.1, 0.15) is 0 Å². The first-order chi connectivity index (χ1) is 8.15. The first kappa shape index (κ1) is 12.8. The molecule has 0 spiro atoms. The molecule has 2 rings (SSSR count). The Morgan fingerprint density at radius 1 is 0.941 bits per heavy atom. The Kier molecular flexibility index (Phi) is 4.38. The van der Waals surface area contributed by atoms with E-state index in [4.69, 9.17) is 23.2 Å². The highest BCUT2D eigenvalue weighted by atomic mass is 35.5. The van der Waals surface area contributed by atoms with Crippen LogP contribution in [0.5, 0.6) is 0 Å². The number of benzene rings is 2. The normalized spacial score (nSPS) is 10.5. The highest BCUT2D eigenvalue weighted by molar-refractivity contribution is 7.98. The highest BCUT2D eigenvalue weighted by Gasteiger charge is 2.01. The van der Waals surface area contributed by atoms with Gasteiger partial charge < -0.3 is 0 Å². The molecule has 0 unspecified atom stereocenters. The fourth-order valence-corrected chi connectivity index (χ4v) is 2.85. The van der Waals surface area contributed by atoms with E-state index in [2.05, 4.69) is 19.1 Å². The number of aryl methyl sites for hydroxylation is 1. The van der Waals surface area contributed by atoms with Crippen molar-refractivity contribution in [3.63, 3.8) is 0 Å². The zero-order chi connectivity index (χ0) is 12.3. The SMILES string of the molecule is Cc1ccc(Cl)cc1SCc1ccc(Cl)cc1. The molecule has 0 aliphatic carbocycles. The Morgan fingerprint density at radius 2 is 1.59 bits per heavy atom. The molecule has 0 atom stereocenters. The zero-order valence-electron chi connectivity index (χ0n) is 9.41. The summed E-state index contributed by atoms with van der Waals surface area (Å²) in [5.41, 5.74) is 2.52. The van der Waals surface area contributed by atoms with Crippen LogP contribution in [0.25, 0.3) is 0 Å². The van der Waals surface area contributed by atoms with Crippen molar-refractivity contribution >= 4 is 35.0 Å². The lowest BCUT2D eigenvalue weighted by Crippen LogP contribution is -1.83. The van der Waals surface area contributed by atoms with Crippen molar-refractivity contribution in [1.29, 1.82) is 0 Å². The minimum Gasteiger partial charge on any atom is -0.121 e. The number of rotatable bonds is 3. The molecule has 2 aromatic carbocycles.